The van der Waals surface area contributed by atoms with Crippen LogP contribution in [-0.4, -0.2) is 47.0 Å². The molecule has 0 bridgehead atoms. The maximum atomic E-state index is 12.9. The number of nitrogens with zero attached hydrogens (tertiary/aromatic N) is 1. The zero-order valence-corrected chi connectivity index (χ0v) is 15.5. The smallest absolute Gasteiger partial charge is 0.215 e. The van der Waals surface area contributed by atoms with E-state index in [-0.39, 0.29) is 12.5 Å². The van der Waals surface area contributed by atoms with Crippen LogP contribution in [0.4, 0.5) is 0 Å². The molecule has 1 atom stereocenters. The van der Waals surface area contributed by atoms with E-state index in [1.807, 2.05) is 12.1 Å². The average molecular weight is 373 g/mol. The minimum absolute atomic E-state index is 0.0117. The van der Waals surface area contributed by atoms with Gasteiger partial charge in [-0.3, -0.25) is 0 Å². The van der Waals surface area contributed by atoms with Gasteiger partial charge in [-0.25, -0.2) is 21.6 Å². The predicted molar refractivity (Wildman–Crippen MR) is 92.8 cm³/mol. The molecule has 8 heteroatoms. The van der Waals surface area contributed by atoms with Gasteiger partial charge >= 0.3 is 0 Å². The summed E-state index contributed by atoms with van der Waals surface area (Å²) in [6.07, 6.45) is 5.76. The van der Waals surface area contributed by atoms with E-state index in [1.165, 1.54) is 9.87 Å². The Kier molecular flexibility index (Phi) is 5.01. The van der Waals surface area contributed by atoms with Gasteiger partial charge in [0.15, 0.2) is 0 Å². The summed E-state index contributed by atoms with van der Waals surface area (Å²) in [5, 5.41) is 0. The number of fused-ring (bicyclic) bond motifs is 1. The van der Waals surface area contributed by atoms with Crippen molar-refractivity contribution in [2.75, 3.05) is 25.9 Å². The number of hydrogen-bond acceptors (Lipinski definition) is 4. The predicted octanol–water partition coefficient (Wildman–Crippen LogP) is 1.13. The fourth-order valence-corrected chi connectivity index (χ4v) is 5.68. The summed E-state index contributed by atoms with van der Waals surface area (Å²) in [5.41, 5.74) is 2.39. The van der Waals surface area contributed by atoms with Gasteiger partial charge in [0.05, 0.1) is 11.2 Å². The summed E-state index contributed by atoms with van der Waals surface area (Å²) >= 11 is 0. The molecule has 2 aliphatic rings. The maximum Gasteiger partial charge on any atom is 0.243 e. The van der Waals surface area contributed by atoms with Crippen molar-refractivity contribution in [3.8, 4) is 0 Å². The zero-order valence-electron chi connectivity index (χ0n) is 13.9. The van der Waals surface area contributed by atoms with Crippen molar-refractivity contribution in [3.63, 3.8) is 0 Å². The molecule has 24 heavy (non-hydrogen) atoms. The van der Waals surface area contributed by atoms with Crippen molar-refractivity contribution in [1.29, 1.82) is 0 Å². The molecule has 1 N–H and O–H groups in total. The highest BCUT2D eigenvalue weighted by molar-refractivity contribution is 7.89. The average Bonchev–Trinajstić information content (AvgIpc) is 3.00. The Bertz CT molecular complexity index is 818. The number of sulfonamides is 2. The standard InChI is InChI=1S/C16H24N2O4S2/c1-23(19,20)17-11-13-4-3-9-18(12-13)24(21,22)16-8-7-14-5-2-6-15(14)10-16/h7-8,10,13,17H,2-6,9,11-12H2,1H3/t13-/m0/s1. The van der Waals surface area contributed by atoms with Crippen molar-refractivity contribution in [1.82, 2.24) is 9.03 Å². The number of nitrogens with one attached hydrogen (secondary N) is 1. The fraction of sp³-hybridized carbons (Fsp3) is 0.625. The molecule has 1 fully saturated rings. The van der Waals surface area contributed by atoms with Crippen LogP contribution in [0.3, 0.4) is 0 Å². The molecular weight excluding hydrogens is 348 g/mol. The Morgan fingerprint density at radius 1 is 1.12 bits per heavy atom. The van der Waals surface area contributed by atoms with Gasteiger partial charge in [0, 0.05) is 19.6 Å². The summed E-state index contributed by atoms with van der Waals surface area (Å²) in [5.74, 6) is 0.0117. The van der Waals surface area contributed by atoms with Crippen LogP contribution in [0.5, 0.6) is 0 Å². The van der Waals surface area contributed by atoms with Crippen molar-refractivity contribution < 1.29 is 16.8 Å². The molecule has 6 nitrogen and oxygen atoms in total. The van der Waals surface area contributed by atoms with E-state index in [4.69, 9.17) is 0 Å². The first-order valence-electron chi connectivity index (χ1n) is 8.32. The second-order valence-corrected chi connectivity index (χ2v) is 10.5. The van der Waals surface area contributed by atoms with Crippen molar-refractivity contribution in [2.45, 2.75) is 37.0 Å². The Balaban J connectivity index is 1.74. The van der Waals surface area contributed by atoms with Crippen LogP contribution in [0.2, 0.25) is 0 Å². The molecule has 0 unspecified atom stereocenters. The molecule has 1 aromatic rings. The second-order valence-electron chi connectivity index (χ2n) is 6.78. The minimum atomic E-state index is -3.51. The molecule has 3 rings (SSSR count). The highest BCUT2D eigenvalue weighted by Gasteiger charge is 2.31. The zero-order chi connectivity index (χ0) is 17.4. The van der Waals surface area contributed by atoms with E-state index >= 15 is 0 Å². The number of hydrogen-bond donors (Lipinski definition) is 1. The maximum absolute atomic E-state index is 12.9. The Morgan fingerprint density at radius 3 is 2.62 bits per heavy atom. The molecule has 1 aliphatic heterocycles. The van der Waals surface area contributed by atoms with Crippen LogP contribution in [0.1, 0.15) is 30.4 Å². The quantitative estimate of drug-likeness (QED) is 0.840. The van der Waals surface area contributed by atoms with E-state index in [0.29, 0.717) is 18.0 Å². The molecular formula is C16H24N2O4S2. The van der Waals surface area contributed by atoms with E-state index in [1.54, 1.807) is 6.07 Å². The minimum Gasteiger partial charge on any atom is -0.215 e. The lowest BCUT2D eigenvalue weighted by Gasteiger charge is -2.32. The fourth-order valence-electron chi connectivity index (χ4n) is 3.54. The van der Waals surface area contributed by atoms with Gasteiger partial charge in [-0.2, -0.15) is 4.31 Å². The summed E-state index contributed by atoms with van der Waals surface area (Å²) in [7, 11) is -6.77. The molecule has 0 aromatic heterocycles. The van der Waals surface area contributed by atoms with E-state index in [2.05, 4.69) is 4.72 Å². The van der Waals surface area contributed by atoms with Gasteiger partial charge in [0.1, 0.15) is 0 Å². The molecule has 1 saturated heterocycles. The lowest BCUT2D eigenvalue weighted by molar-refractivity contribution is 0.267. The lowest BCUT2D eigenvalue weighted by atomic mass is 10.0. The molecule has 1 aliphatic carbocycles. The molecule has 1 aromatic carbocycles. The summed E-state index contributed by atoms with van der Waals surface area (Å²) < 4.78 is 52.3. The third-order valence-corrected chi connectivity index (χ3v) is 7.38. The topological polar surface area (TPSA) is 83.6 Å². The molecule has 134 valence electrons. The summed E-state index contributed by atoms with van der Waals surface area (Å²) in [4.78, 5) is 0.361. The molecule has 0 radical (unpaired) electrons. The number of piperidine rings is 1. The van der Waals surface area contributed by atoms with Crippen LogP contribution in [0.15, 0.2) is 23.1 Å². The number of aryl methyl sites for hydroxylation is 2. The highest BCUT2D eigenvalue weighted by Crippen LogP contribution is 2.28. The SMILES string of the molecule is CS(=O)(=O)NC[C@@H]1CCCN(S(=O)(=O)c2ccc3c(c2)CCC3)C1. The molecule has 0 amide bonds. The largest absolute Gasteiger partial charge is 0.243 e. The van der Waals surface area contributed by atoms with Crippen LogP contribution < -0.4 is 4.72 Å². The van der Waals surface area contributed by atoms with E-state index < -0.39 is 20.0 Å². The normalized spacial score (nSPS) is 22.5. The van der Waals surface area contributed by atoms with Gasteiger partial charge in [-0.05, 0) is 61.3 Å². The van der Waals surface area contributed by atoms with Gasteiger partial charge in [0.2, 0.25) is 20.0 Å². The third kappa shape index (κ3) is 3.99. The number of benzene rings is 1. The van der Waals surface area contributed by atoms with Gasteiger partial charge < -0.3 is 0 Å². The van der Waals surface area contributed by atoms with Crippen LogP contribution in [-0.2, 0) is 32.9 Å². The van der Waals surface area contributed by atoms with Crippen LogP contribution >= 0.6 is 0 Å². The Morgan fingerprint density at radius 2 is 1.88 bits per heavy atom. The first-order valence-corrected chi connectivity index (χ1v) is 11.7. The summed E-state index contributed by atoms with van der Waals surface area (Å²) in [6.45, 7) is 1.14. The van der Waals surface area contributed by atoms with E-state index in [9.17, 15) is 16.8 Å². The summed E-state index contributed by atoms with van der Waals surface area (Å²) in [6, 6.07) is 5.45. The van der Waals surface area contributed by atoms with Gasteiger partial charge in [0.25, 0.3) is 0 Å². The van der Waals surface area contributed by atoms with E-state index in [0.717, 1.165) is 43.9 Å². The Hall–Kier alpha value is -0.960. The third-order valence-electron chi connectivity index (χ3n) is 4.82. The van der Waals surface area contributed by atoms with Crippen molar-refractivity contribution in [2.24, 2.45) is 5.92 Å². The van der Waals surface area contributed by atoms with Gasteiger partial charge in [-0.1, -0.05) is 6.07 Å². The molecule has 1 heterocycles. The first kappa shape index (κ1) is 17.8. The lowest BCUT2D eigenvalue weighted by Crippen LogP contribution is -2.43. The second kappa shape index (κ2) is 6.74. The van der Waals surface area contributed by atoms with Crippen molar-refractivity contribution >= 4 is 20.0 Å². The highest BCUT2D eigenvalue weighted by atomic mass is 32.2. The van der Waals surface area contributed by atoms with Crippen LogP contribution in [0.25, 0.3) is 0 Å². The van der Waals surface area contributed by atoms with Gasteiger partial charge in [-0.15, -0.1) is 0 Å². The monoisotopic (exact) mass is 372 g/mol. The number of rotatable bonds is 5. The van der Waals surface area contributed by atoms with Crippen molar-refractivity contribution in [3.05, 3.63) is 29.3 Å². The van der Waals surface area contributed by atoms with Crippen LogP contribution in [0, 0.1) is 5.92 Å². The first-order chi connectivity index (χ1) is 11.3. The molecule has 0 spiro atoms. The molecule has 0 saturated carbocycles. The Labute approximate surface area is 144 Å².